The number of ether oxygens (including phenoxy) is 3. The highest BCUT2D eigenvalue weighted by Gasteiger charge is 2.43. The molecule has 0 radical (unpaired) electrons. The number of aliphatic hydroxyl groups is 10. The van der Waals surface area contributed by atoms with Crippen molar-refractivity contribution in [3.8, 4) is 0 Å². The van der Waals surface area contributed by atoms with E-state index in [1.807, 2.05) is 13.8 Å². The molecule has 2 rings (SSSR count). The molecular formula is C47H87NO17. The molecule has 0 aromatic carbocycles. The monoisotopic (exact) mass is 938 g/mol. The van der Waals surface area contributed by atoms with Crippen LogP contribution in [0.2, 0.25) is 0 Å². The van der Waals surface area contributed by atoms with Gasteiger partial charge in [-0.05, 0) is 58.3 Å². The van der Waals surface area contributed by atoms with Crippen molar-refractivity contribution in [3.63, 3.8) is 0 Å². The van der Waals surface area contributed by atoms with E-state index in [2.05, 4.69) is 0 Å². The summed E-state index contributed by atoms with van der Waals surface area (Å²) >= 11 is 0. The molecule has 2 aliphatic heterocycles. The molecule has 65 heavy (non-hydrogen) atoms. The Morgan fingerprint density at radius 2 is 1.08 bits per heavy atom. The second-order valence-corrected chi connectivity index (χ2v) is 19.4. The first-order chi connectivity index (χ1) is 30.6. The van der Waals surface area contributed by atoms with Crippen molar-refractivity contribution in [1.29, 1.82) is 0 Å². The van der Waals surface area contributed by atoms with Crippen molar-refractivity contribution >= 4 is 17.7 Å². The highest BCUT2D eigenvalue weighted by Crippen LogP contribution is 2.28. The molecule has 382 valence electrons. The van der Waals surface area contributed by atoms with Gasteiger partial charge in [-0.25, -0.2) is 0 Å². The number of hydrogen-bond donors (Lipinski definition) is 12. The predicted molar refractivity (Wildman–Crippen MR) is 239 cm³/mol. The van der Waals surface area contributed by atoms with Crippen LogP contribution in [0.25, 0.3) is 0 Å². The summed E-state index contributed by atoms with van der Waals surface area (Å²) in [5, 5.41) is 117. The number of ketones is 1. The van der Waals surface area contributed by atoms with E-state index < -0.39 is 135 Å². The third-order valence-corrected chi connectivity index (χ3v) is 13.6. The number of esters is 1. The van der Waals surface area contributed by atoms with E-state index in [4.69, 9.17) is 19.9 Å². The Bertz CT molecular complexity index is 1330. The summed E-state index contributed by atoms with van der Waals surface area (Å²) in [6, 6.07) is -1.09. The van der Waals surface area contributed by atoms with Gasteiger partial charge in [-0.3, -0.25) is 14.4 Å². The Morgan fingerprint density at radius 1 is 0.554 bits per heavy atom. The molecule has 18 unspecified atom stereocenters. The first kappa shape index (κ1) is 59.2. The third-order valence-electron chi connectivity index (χ3n) is 13.6. The Hall–Kier alpha value is -1.91. The molecule has 0 aliphatic carbocycles. The number of carboxylic acid groups (broad SMARTS) is 1. The van der Waals surface area contributed by atoms with Crippen molar-refractivity contribution < 1.29 is 84.8 Å². The molecule has 0 saturated carbocycles. The Balaban J connectivity index is 2.11. The Morgan fingerprint density at radius 3 is 1.65 bits per heavy atom. The maximum atomic E-state index is 12.9. The van der Waals surface area contributed by atoms with E-state index in [9.17, 15) is 70.6 Å². The number of aliphatic hydroxyl groups excluding tert-OH is 10. The first-order valence-electron chi connectivity index (χ1n) is 24.4. The average molecular weight is 938 g/mol. The van der Waals surface area contributed by atoms with E-state index in [1.165, 1.54) is 0 Å². The third kappa shape index (κ3) is 22.4. The SMILES string of the molecule is CC1CCCCCCCCCCCCCCC(OC2OC(C)C(O)C(N)C2O)CC(O)C(C(=O)O)C(O)CC(=O)CC(O)C(O)CCC(O)CC(O)CC(O)CC(=O)OC(C)C(C)C1O. The topological polar surface area (TPSA) is 327 Å². The van der Waals surface area contributed by atoms with E-state index in [-0.39, 0.29) is 43.9 Å². The molecule has 18 atom stereocenters. The minimum absolute atomic E-state index is 0.00382. The number of carbonyl (C=O) groups excluding carboxylic acids is 2. The zero-order chi connectivity index (χ0) is 48.8. The Labute approximate surface area is 385 Å². The zero-order valence-electron chi connectivity index (χ0n) is 39.4. The summed E-state index contributed by atoms with van der Waals surface area (Å²) in [7, 11) is 0. The average Bonchev–Trinajstić information content (AvgIpc) is 3.22. The van der Waals surface area contributed by atoms with Gasteiger partial charge in [0.1, 0.15) is 23.9 Å². The minimum atomic E-state index is -1.89. The number of aliphatic carboxylic acids is 1. The number of nitrogens with two attached hydrogens (primary N) is 1. The summed E-state index contributed by atoms with van der Waals surface area (Å²) in [5.41, 5.74) is 6.00. The molecule has 0 amide bonds. The second-order valence-electron chi connectivity index (χ2n) is 19.4. The van der Waals surface area contributed by atoms with E-state index >= 15 is 0 Å². The minimum Gasteiger partial charge on any atom is -0.481 e. The molecule has 2 fully saturated rings. The van der Waals surface area contributed by atoms with Crippen LogP contribution in [0, 0.1) is 17.8 Å². The van der Waals surface area contributed by atoms with Gasteiger partial charge in [0.25, 0.3) is 0 Å². The van der Waals surface area contributed by atoms with Gasteiger partial charge in [-0.15, -0.1) is 0 Å². The maximum absolute atomic E-state index is 12.9. The van der Waals surface area contributed by atoms with Gasteiger partial charge >= 0.3 is 11.9 Å². The largest absolute Gasteiger partial charge is 0.481 e. The van der Waals surface area contributed by atoms with Crippen LogP contribution in [0.5, 0.6) is 0 Å². The van der Waals surface area contributed by atoms with Crippen LogP contribution in [0.1, 0.15) is 169 Å². The fourth-order valence-corrected chi connectivity index (χ4v) is 9.04. The number of cyclic esters (lactones) is 1. The molecular weight excluding hydrogens is 851 g/mol. The van der Waals surface area contributed by atoms with Gasteiger partial charge < -0.3 is 76.1 Å². The summed E-state index contributed by atoms with van der Waals surface area (Å²) < 4.78 is 17.3. The molecule has 0 spiro atoms. The van der Waals surface area contributed by atoms with Crippen LogP contribution >= 0.6 is 0 Å². The van der Waals surface area contributed by atoms with E-state index in [0.717, 1.165) is 77.0 Å². The summed E-state index contributed by atoms with van der Waals surface area (Å²) in [6.45, 7) is 7.06. The van der Waals surface area contributed by atoms with Crippen molar-refractivity contribution in [2.75, 3.05) is 0 Å². The van der Waals surface area contributed by atoms with Crippen LogP contribution in [-0.4, -0.2) is 166 Å². The highest BCUT2D eigenvalue weighted by atomic mass is 16.7. The molecule has 13 N–H and O–H groups in total. The lowest BCUT2D eigenvalue weighted by Crippen LogP contribution is -2.61. The molecule has 0 bridgehead atoms. The Kier molecular flexibility index (Phi) is 28.5. The number of carbonyl (C=O) groups is 3. The maximum Gasteiger partial charge on any atom is 0.311 e. The summed E-state index contributed by atoms with van der Waals surface area (Å²) in [5.74, 6) is -5.29. The van der Waals surface area contributed by atoms with Crippen LogP contribution in [0.3, 0.4) is 0 Å². The zero-order valence-corrected chi connectivity index (χ0v) is 39.4. The van der Waals surface area contributed by atoms with Gasteiger partial charge in [-0.1, -0.05) is 90.9 Å². The van der Waals surface area contributed by atoms with Gasteiger partial charge in [0.2, 0.25) is 0 Å². The lowest BCUT2D eigenvalue weighted by atomic mass is 9.86. The van der Waals surface area contributed by atoms with Crippen molar-refractivity contribution in [1.82, 2.24) is 0 Å². The van der Waals surface area contributed by atoms with Crippen LogP contribution < -0.4 is 5.73 Å². The van der Waals surface area contributed by atoms with Gasteiger partial charge in [0.05, 0.1) is 79.6 Å². The lowest BCUT2D eigenvalue weighted by molar-refractivity contribution is -0.283. The standard InChI is InChI=1S/C47H87NO17/c1-27-17-15-13-11-9-7-5-6-8-10-12-14-16-18-35(65-47-45(60)42(48)44(59)30(4)64-47)26-39(56)41(46(61)62)38(55)24-34(52)23-37(54)36(53)20-19-31(49)21-32(50)22-33(51)25-40(57)63-29(3)28(2)43(27)58/h27-33,35-39,41-45,47,49-51,53-56,58-60H,5-26,48H2,1-4H3,(H,61,62). The number of hydrogen-bond acceptors (Lipinski definition) is 17. The molecule has 2 aliphatic rings. The predicted octanol–water partition coefficient (Wildman–Crippen LogP) is 2.12. The van der Waals surface area contributed by atoms with Crippen LogP contribution in [0.4, 0.5) is 0 Å². The van der Waals surface area contributed by atoms with Gasteiger partial charge in [0.15, 0.2) is 6.29 Å². The summed E-state index contributed by atoms with van der Waals surface area (Å²) in [6.07, 6.45) is -7.08. The first-order valence-corrected chi connectivity index (χ1v) is 24.4. The number of carboxylic acids is 1. The van der Waals surface area contributed by atoms with Crippen molar-refractivity contribution in [2.45, 2.75) is 261 Å². The smallest absolute Gasteiger partial charge is 0.311 e. The number of Topliss-reactive ketones (excluding diaryl/α,β-unsaturated/α-hetero) is 1. The molecule has 2 saturated heterocycles. The second kappa shape index (κ2) is 31.3. The van der Waals surface area contributed by atoms with Gasteiger partial charge in [-0.2, -0.15) is 0 Å². The van der Waals surface area contributed by atoms with Crippen molar-refractivity contribution in [2.24, 2.45) is 23.5 Å². The fraction of sp³-hybridized carbons (Fsp3) is 0.936. The summed E-state index contributed by atoms with van der Waals surface area (Å²) in [4.78, 5) is 37.9. The molecule has 18 heteroatoms. The molecule has 0 aromatic rings. The van der Waals surface area contributed by atoms with Crippen LogP contribution in [-0.2, 0) is 28.6 Å². The molecule has 18 nitrogen and oxygen atoms in total. The van der Waals surface area contributed by atoms with Gasteiger partial charge in [0, 0.05) is 25.2 Å². The van der Waals surface area contributed by atoms with E-state index in [1.54, 1.807) is 13.8 Å². The highest BCUT2D eigenvalue weighted by molar-refractivity contribution is 5.81. The molecule has 0 aromatic heterocycles. The fourth-order valence-electron chi connectivity index (χ4n) is 9.04. The van der Waals surface area contributed by atoms with Crippen molar-refractivity contribution in [3.05, 3.63) is 0 Å². The number of rotatable bonds is 3. The molecule has 2 heterocycles. The van der Waals surface area contributed by atoms with E-state index in [0.29, 0.717) is 12.8 Å². The normalized spacial score (nSPS) is 41.0. The quantitative estimate of drug-likeness (QED) is 0.180. The van der Waals surface area contributed by atoms with Crippen LogP contribution in [0.15, 0.2) is 0 Å². The lowest BCUT2D eigenvalue weighted by Gasteiger charge is -2.41.